The molecule has 0 bridgehead atoms. The highest BCUT2D eigenvalue weighted by atomic mass is 16.2. The zero-order chi connectivity index (χ0) is 13.0. The molecule has 18 heavy (non-hydrogen) atoms. The van der Waals surface area contributed by atoms with Crippen LogP contribution in [0, 0.1) is 5.92 Å². The smallest absolute Gasteiger partial charge is 0.223 e. The van der Waals surface area contributed by atoms with Crippen LogP contribution in [0.15, 0.2) is 24.3 Å². The highest BCUT2D eigenvalue weighted by Crippen LogP contribution is 2.33. The van der Waals surface area contributed by atoms with E-state index < -0.39 is 0 Å². The first-order chi connectivity index (χ1) is 8.69. The molecule has 0 radical (unpaired) electrons. The first-order valence-electron chi connectivity index (χ1n) is 6.81. The number of anilines is 1. The van der Waals surface area contributed by atoms with Crippen molar-refractivity contribution in [2.75, 3.05) is 12.3 Å². The molecule has 1 saturated carbocycles. The maximum atomic E-state index is 12.2. The summed E-state index contributed by atoms with van der Waals surface area (Å²) < 4.78 is 0. The average Bonchev–Trinajstić information content (AvgIpc) is 3.12. The molecular formula is C15H22N2O. The molecule has 0 spiro atoms. The Morgan fingerprint density at radius 2 is 2.22 bits per heavy atom. The maximum absolute atomic E-state index is 12.2. The van der Waals surface area contributed by atoms with E-state index in [0.717, 1.165) is 30.6 Å². The molecule has 1 aromatic carbocycles. The SMILES string of the molecule is CCCN(Cc1cccc(N)c1)C(=O)CC1CC1. The van der Waals surface area contributed by atoms with Crippen molar-refractivity contribution in [3.8, 4) is 0 Å². The van der Waals surface area contributed by atoms with Crippen LogP contribution in [0.2, 0.25) is 0 Å². The van der Waals surface area contributed by atoms with Gasteiger partial charge in [-0.3, -0.25) is 4.79 Å². The molecule has 1 aliphatic carbocycles. The number of benzene rings is 1. The van der Waals surface area contributed by atoms with Crippen molar-refractivity contribution in [2.24, 2.45) is 5.92 Å². The summed E-state index contributed by atoms with van der Waals surface area (Å²) in [5, 5.41) is 0. The fourth-order valence-electron chi connectivity index (χ4n) is 2.17. The van der Waals surface area contributed by atoms with Crippen molar-refractivity contribution in [1.29, 1.82) is 0 Å². The molecule has 0 heterocycles. The Hall–Kier alpha value is -1.51. The Labute approximate surface area is 109 Å². The minimum atomic E-state index is 0.293. The molecule has 1 amide bonds. The first kappa shape index (κ1) is 12.9. The van der Waals surface area contributed by atoms with Crippen molar-refractivity contribution in [3.05, 3.63) is 29.8 Å². The normalized spacial score (nSPS) is 14.5. The number of carbonyl (C=O) groups excluding carboxylic acids is 1. The lowest BCUT2D eigenvalue weighted by atomic mass is 10.1. The van der Waals surface area contributed by atoms with Gasteiger partial charge in [0, 0.05) is 25.2 Å². The number of hydrogen-bond donors (Lipinski definition) is 1. The topological polar surface area (TPSA) is 46.3 Å². The fourth-order valence-corrected chi connectivity index (χ4v) is 2.17. The lowest BCUT2D eigenvalue weighted by Crippen LogP contribution is -2.31. The van der Waals surface area contributed by atoms with Gasteiger partial charge in [-0.15, -0.1) is 0 Å². The maximum Gasteiger partial charge on any atom is 0.223 e. The van der Waals surface area contributed by atoms with Crippen LogP contribution in [0.5, 0.6) is 0 Å². The number of rotatable bonds is 6. The van der Waals surface area contributed by atoms with Gasteiger partial charge in [-0.1, -0.05) is 19.1 Å². The van der Waals surface area contributed by atoms with Gasteiger partial charge < -0.3 is 10.6 Å². The molecule has 3 heteroatoms. The Bertz CT molecular complexity index is 413. The van der Waals surface area contributed by atoms with Crippen molar-refractivity contribution >= 4 is 11.6 Å². The summed E-state index contributed by atoms with van der Waals surface area (Å²) in [6.07, 6.45) is 4.18. The average molecular weight is 246 g/mol. The van der Waals surface area contributed by atoms with Crippen LogP contribution in [0.1, 0.15) is 38.2 Å². The fraction of sp³-hybridized carbons (Fsp3) is 0.533. The Balaban J connectivity index is 1.97. The monoisotopic (exact) mass is 246 g/mol. The van der Waals surface area contributed by atoms with Crippen LogP contribution in [-0.4, -0.2) is 17.4 Å². The largest absolute Gasteiger partial charge is 0.399 e. The summed E-state index contributed by atoms with van der Waals surface area (Å²) >= 11 is 0. The Morgan fingerprint density at radius 3 is 2.83 bits per heavy atom. The summed E-state index contributed by atoms with van der Waals surface area (Å²) in [6.45, 7) is 3.63. The molecule has 0 aromatic heterocycles. The van der Waals surface area contributed by atoms with E-state index in [4.69, 9.17) is 5.73 Å². The molecule has 0 unspecified atom stereocenters. The standard InChI is InChI=1S/C15H22N2O/c1-2-8-17(15(18)10-12-6-7-12)11-13-4-3-5-14(16)9-13/h3-5,9,12H,2,6-8,10-11,16H2,1H3. The van der Waals surface area contributed by atoms with Gasteiger partial charge in [0.15, 0.2) is 0 Å². The lowest BCUT2D eigenvalue weighted by molar-refractivity contribution is -0.132. The van der Waals surface area contributed by atoms with Crippen molar-refractivity contribution in [1.82, 2.24) is 4.90 Å². The Kier molecular flexibility index (Phi) is 4.24. The molecule has 3 nitrogen and oxygen atoms in total. The van der Waals surface area contributed by atoms with Crippen molar-refractivity contribution in [3.63, 3.8) is 0 Å². The molecule has 1 aromatic rings. The second-order valence-electron chi connectivity index (χ2n) is 5.21. The second-order valence-corrected chi connectivity index (χ2v) is 5.21. The van der Waals surface area contributed by atoms with E-state index in [-0.39, 0.29) is 0 Å². The molecule has 1 fully saturated rings. The molecular weight excluding hydrogens is 224 g/mol. The van der Waals surface area contributed by atoms with Gasteiger partial charge >= 0.3 is 0 Å². The van der Waals surface area contributed by atoms with Gasteiger partial charge in [0.05, 0.1) is 0 Å². The Morgan fingerprint density at radius 1 is 1.44 bits per heavy atom. The van der Waals surface area contributed by atoms with E-state index in [1.165, 1.54) is 12.8 Å². The summed E-state index contributed by atoms with van der Waals surface area (Å²) in [6, 6.07) is 7.80. The number of nitrogen functional groups attached to an aromatic ring is 1. The third-order valence-corrected chi connectivity index (χ3v) is 3.33. The predicted molar refractivity (Wildman–Crippen MR) is 73.9 cm³/mol. The first-order valence-corrected chi connectivity index (χ1v) is 6.81. The van der Waals surface area contributed by atoms with E-state index in [2.05, 4.69) is 6.92 Å². The summed E-state index contributed by atoms with van der Waals surface area (Å²) in [5.41, 5.74) is 7.65. The minimum absolute atomic E-state index is 0.293. The van der Waals surface area contributed by atoms with Crippen LogP contribution >= 0.6 is 0 Å². The quantitative estimate of drug-likeness (QED) is 0.784. The van der Waals surface area contributed by atoms with E-state index >= 15 is 0 Å². The van der Waals surface area contributed by atoms with Gasteiger partial charge in [0.25, 0.3) is 0 Å². The second kappa shape index (κ2) is 5.89. The van der Waals surface area contributed by atoms with E-state index in [1.54, 1.807) is 0 Å². The van der Waals surface area contributed by atoms with Gasteiger partial charge in [0.2, 0.25) is 5.91 Å². The van der Waals surface area contributed by atoms with E-state index in [0.29, 0.717) is 18.4 Å². The summed E-state index contributed by atoms with van der Waals surface area (Å²) in [7, 11) is 0. The molecule has 0 aliphatic heterocycles. The molecule has 98 valence electrons. The number of carbonyl (C=O) groups is 1. The lowest BCUT2D eigenvalue weighted by Gasteiger charge is -2.22. The summed E-state index contributed by atoms with van der Waals surface area (Å²) in [5.74, 6) is 0.944. The third kappa shape index (κ3) is 3.76. The molecule has 2 N–H and O–H groups in total. The highest BCUT2D eigenvalue weighted by Gasteiger charge is 2.26. The van der Waals surface area contributed by atoms with Crippen LogP contribution < -0.4 is 5.73 Å². The van der Waals surface area contributed by atoms with Gasteiger partial charge in [0.1, 0.15) is 0 Å². The van der Waals surface area contributed by atoms with Crippen LogP contribution in [0.3, 0.4) is 0 Å². The third-order valence-electron chi connectivity index (χ3n) is 3.33. The highest BCUT2D eigenvalue weighted by molar-refractivity contribution is 5.76. The predicted octanol–water partition coefficient (Wildman–Crippen LogP) is 2.81. The van der Waals surface area contributed by atoms with Crippen LogP contribution in [0.25, 0.3) is 0 Å². The zero-order valence-electron chi connectivity index (χ0n) is 11.1. The zero-order valence-corrected chi connectivity index (χ0v) is 11.1. The summed E-state index contributed by atoms with van der Waals surface area (Å²) in [4.78, 5) is 14.1. The molecule has 2 rings (SSSR count). The van der Waals surface area contributed by atoms with E-state index in [1.807, 2.05) is 29.2 Å². The van der Waals surface area contributed by atoms with Gasteiger partial charge in [-0.2, -0.15) is 0 Å². The van der Waals surface area contributed by atoms with E-state index in [9.17, 15) is 4.79 Å². The van der Waals surface area contributed by atoms with Crippen LogP contribution in [-0.2, 0) is 11.3 Å². The number of nitrogens with zero attached hydrogens (tertiary/aromatic N) is 1. The minimum Gasteiger partial charge on any atom is -0.399 e. The number of hydrogen-bond acceptors (Lipinski definition) is 2. The molecule has 0 atom stereocenters. The number of nitrogens with two attached hydrogens (primary N) is 1. The van der Waals surface area contributed by atoms with Crippen LogP contribution in [0.4, 0.5) is 5.69 Å². The van der Waals surface area contributed by atoms with Gasteiger partial charge in [-0.05, 0) is 42.9 Å². The van der Waals surface area contributed by atoms with Crippen molar-refractivity contribution < 1.29 is 4.79 Å². The van der Waals surface area contributed by atoms with Crippen molar-refractivity contribution in [2.45, 2.75) is 39.2 Å². The molecule has 1 aliphatic rings. The van der Waals surface area contributed by atoms with Gasteiger partial charge in [-0.25, -0.2) is 0 Å². The number of amides is 1. The molecule has 0 saturated heterocycles.